The maximum atomic E-state index is 12.6. The van der Waals surface area contributed by atoms with Crippen LogP contribution in [0.25, 0.3) is 17.1 Å². The van der Waals surface area contributed by atoms with Crippen molar-refractivity contribution in [3.05, 3.63) is 78.2 Å². The van der Waals surface area contributed by atoms with Crippen LogP contribution in [0, 0.1) is 0 Å². The molecule has 2 aromatic heterocycles. The number of halogens is 3. The molecule has 0 spiro atoms. The quantitative estimate of drug-likeness (QED) is 0.395. The fraction of sp³-hybridized carbons (Fsp3) is 0.190. The van der Waals surface area contributed by atoms with Gasteiger partial charge in [0.25, 0.3) is 0 Å². The molecule has 0 N–H and O–H groups in total. The van der Waals surface area contributed by atoms with Gasteiger partial charge in [-0.2, -0.15) is 18.2 Å². The van der Waals surface area contributed by atoms with Gasteiger partial charge in [-0.1, -0.05) is 17.3 Å². The highest BCUT2D eigenvalue weighted by molar-refractivity contribution is 7.89. The van der Waals surface area contributed by atoms with Crippen molar-refractivity contribution in [2.24, 2.45) is 0 Å². The fourth-order valence-corrected chi connectivity index (χ4v) is 4.47. The molecular weight excluding hydrogens is 461 g/mol. The third-order valence-electron chi connectivity index (χ3n) is 4.64. The Bertz CT molecular complexity index is 1350. The predicted molar refractivity (Wildman–Crippen MR) is 111 cm³/mol. The van der Waals surface area contributed by atoms with Crippen molar-refractivity contribution in [2.45, 2.75) is 17.7 Å². The lowest BCUT2D eigenvalue weighted by molar-refractivity contribution is -0.159. The minimum absolute atomic E-state index is 0.136. The van der Waals surface area contributed by atoms with Crippen molar-refractivity contribution in [2.75, 3.05) is 7.11 Å². The summed E-state index contributed by atoms with van der Waals surface area (Å²) in [6.45, 7) is 0. The first-order valence-corrected chi connectivity index (χ1v) is 11.3. The van der Waals surface area contributed by atoms with E-state index in [2.05, 4.69) is 19.6 Å². The molecule has 0 fully saturated rings. The Hall–Kier alpha value is -3.67. The number of benzene rings is 2. The SMILES string of the molecule is COc1ccc(CS(=O)(=O)Cc2cn(-c3ccc(-c4noc(C(F)(F)F)n4)cc3)cn2)cc1. The highest BCUT2D eigenvalue weighted by Crippen LogP contribution is 2.29. The molecule has 33 heavy (non-hydrogen) atoms. The van der Waals surface area contributed by atoms with Crippen LogP contribution in [0.1, 0.15) is 17.1 Å². The van der Waals surface area contributed by atoms with Crippen LogP contribution in [0.3, 0.4) is 0 Å². The van der Waals surface area contributed by atoms with E-state index in [9.17, 15) is 21.6 Å². The summed E-state index contributed by atoms with van der Waals surface area (Å²) in [5.41, 5.74) is 1.96. The van der Waals surface area contributed by atoms with E-state index in [4.69, 9.17) is 4.74 Å². The average molecular weight is 478 g/mol. The average Bonchev–Trinajstić information content (AvgIpc) is 3.44. The zero-order valence-corrected chi connectivity index (χ0v) is 18.0. The number of nitrogens with zero attached hydrogens (tertiary/aromatic N) is 4. The van der Waals surface area contributed by atoms with Gasteiger partial charge in [0.1, 0.15) is 5.75 Å². The number of sulfone groups is 1. The van der Waals surface area contributed by atoms with Crippen LogP contribution in [0.2, 0.25) is 0 Å². The number of methoxy groups -OCH3 is 1. The van der Waals surface area contributed by atoms with Crippen LogP contribution in [0.4, 0.5) is 13.2 Å². The van der Waals surface area contributed by atoms with Gasteiger partial charge in [0.15, 0.2) is 9.84 Å². The summed E-state index contributed by atoms with van der Waals surface area (Å²) in [5, 5.41) is 3.34. The summed E-state index contributed by atoms with van der Waals surface area (Å²) in [6.07, 6.45) is -1.67. The Balaban J connectivity index is 1.44. The molecule has 0 unspecified atom stereocenters. The summed E-state index contributed by atoms with van der Waals surface area (Å²) in [5.74, 6) is -1.35. The number of aromatic nitrogens is 4. The smallest absolute Gasteiger partial charge is 0.471 e. The van der Waals surface area contributed by atoms with Crippen molar-refractivity contribution >= 4 is 9.84 Å². The molecular formula is C21H17F3N4O4S. The zero-order valence-electron chi connectivity index (χ0n) is 17.2. The van der Waals surface area contributed by atoms with Gasteiger partial charge >= 0.3 is 12.1 Å². The van der Waals surface area contributed by atoms with Crippen LogP contribution in [-0.4, -0.2) is 35.2 Å². The summed E-state index contributed by atoms with van der Waals surface area (Å²) in [4.78, 5) is 7.50. The standard InChI is InChI=1S/C21H17F3N4O4S/c1-31-18-8-2-14(3-9-18)11-33(29,30)12-16-10-28(13-25-16)17-6-4-15(5-7-17)19-26-20(32-27-19)21(22,23)24/h2-10,13H,11-12H2,1H3. The second-order valence-electron chi connectivity index (χ2n) is 7.12. The lowest BCUT2D eigenvalue weighted by atomic mass is 10.2. The van der Waals surface area contributed by atoms with Gasteiger partial charge in [-0.15, -0.1) is 0 Å². The van der Waals surface area contributed by atoms with E-state index in [0.717, 1.165) is 0 Å². The highest BCUT2D eigenvalue weighted by atomic mass is 32.2. The van der Waals surface area contributed by atoms with Gasteiger partial charge in [0.2, 0.25) is 5.82 Å². The topological polar surface area (TPSA) is 100 Å². The first kappa shape index (κ1) is 22.5. The third-order valence-corrected chi connectivity index (χ3v) is 6.15. The molecule has 0 radical (unpaired) electrons. The largest absolute Gasteiger partial charge is 0.497 e. The lowest BCUT2D eigenvalue weighted by Crippen LogP contribution is -2.08. The normalized spacial score (nSPS) is 12.1. The summed E-state index contributed by atoms with van der Waals surface area (Å²) in [7, 11) is -1.93. The second kappa shape index (κ2) is 8.70. The minimum Gasteiger partial charge on any atom is -0.497 e. The van der Waals surface area contributed by atoms with Crippen molar-refractivity contribution < 1.29 is 30.8 Å². The molecule has 2 aromatic carbocycles. The van der Waals surface area contributed by atoms with Crippen LogP contribution < -0.4 is 4.74 Å². The second-order valence-corrected chi connectivity index (χ2v) is 9.18. The van der Waals surface area contributed by atoms with Gasteiger partial charge in [-0.05, 0) is 42.0 Å². The van der Waals surface area contributed by atoms with Crippen molar-refractivity contribution in [1.82, 2.24) is 19.7 Å². The van der Waals surface area contributed by atoms with Crippen molar-refractivity contribution in [1.29, 1.82) is 0 Å². The van der Waals surface area contributed by atoms with Crippen LogP contribution in [0.5, 0.6) is 5.75 Å². The Labute approximate surface area is 186 Å². The van der Waals surface area contributed by atoms with Gasteiger partial charge in [0, 0.05) is 17.4 Å². The van der Waals surface area contributed by atoms with Crippen LogP contribution in [0.15, 0.2) is 65.6 Å². The number of hydrogen-bond acceptors (Lipinski definition) is 7. The molecule has 0 aliphatic rings. The number of alkyl halides is 3. The molecule has 0 atom stereocenters. The van der Waals surface area contributed by atoms with Gasteiger partial charge in [-0.3, -0.25) is 0 Å². The molecule has 0 amide bonds. The van der Waals surface area contributed by atoms with E-state index >= 15 is 0 Å². The molecule has 4 rings (SSSR count). The summed E-state index contributed by atoms with van der Waals surface area (Å²) < 4.78 is 73.9. The van der Waals surface area contributed by atoms with E-state index in [1.54, 1.807) is 47.2 Å². The number of imidazole rings is 1. The Kier molecular flexibility index (Phi) is 5.93. The zero-order chi connectivity index (χ0) is 23.6. The third kappa shape index (κ3) is 5.40. The van der Waals surface area contributed by atoms with Gasteiger partial charge in [-0.25, -0.2) is 13.4 Å². The molecule has 4 aromatic rings. The van der Waals surface area contributed by atoms with E-state index in [0.29, 0.717) is 28.3 Å². The first-order valence-electron chi connectivity index (χ1n) is 9.51. The monoisotopic (exact) mass is 478 g/mol. The van der Waals surface area contributed by atoms with Crippen LogP contribution >= 0.6 is 0 Å². The number of rotatable bonds is 7. The summed E-state index contributed by atoms with van der Waals surface area (Å²) in [6, 6.07) is 13.1. The molecule has 0 aliphatic carbocycles. The van der Waals surface area contributed by atoms with E-state index in [1.807, 2.05) is 0 Å². The Morgan fingerprint density at radius 1 is 1.03 bits per heavy atom. The minimum atomic E-state index is -4.72. The number of hydrogen-bond donors (Lipinski definition) is 0. The van der Waals surface area contributed by atoms with E-state index in [-0.39, 0.29) is 17.3 Å². The van der Waals surface area contributed by atoms with Gasteiger partial charge < -0.3 is 13.8 Å². The molecule has 0 saturated carbocycles. The van der Waals surface area contributed by atoms with E-state index in [1.165, 1.54) is 25.6 Å². The molecule has 172 valence electrons. The van der Waals surface area contributed by atoms with Crippen molar-refractivity contribution in [3.8, 4) is 22.8 Å². The molecule has 0 saturated heterocycles. The molecule has 12 heteroatoms. The molecule has 0 bridgehead atoms. The molecule has 2 heterocycles. The Morgan fingerprint density at radius 2 is 1.73 bits per heavy atom. The molecule has 8 nitrogen and oxygen atoms in total. The van der Waals surface area contributed by atoms with Crippen molar-refractivity contribution in [3.63, 3.8) is 0 Å². The highest BCUT2D eigenvalue weighted by Gasteiger charge is 2.38. The number of ether oxygens (including phenoxy) is 1. The fourth-order valence-electron chi connectivity index (χ4n) is 3.07. The van der Waals surface area contributed by atoms with E-state index < -0.39 is 21.9 Å². The van der Waals surface area contributed by atoms with Gasteiger partial charge in [0.05, 0.1) is 30.6 Å². The Morgan fingerprint density at radius 3 is 2.33 bits per heavy atom. The maximum absolute atomic E-state index is 12.6. The molecule has 0 aliphatic heterocycles. The maximum Gasteiger partial charge on any atom is 0.471 e. The summed E-state index contributed by atoms with van der Waals surface area (Å²) >= 11 is 0. The predicted octanol–water partition coefficient (Wildman–Crippen LogP) is 4.06. The first-order chi connectivity index (χ1) is 15.6. The lowest BCUT2D eigenvalue weighted by Gasteiger charge is -2.05. The van der Waals surface area contributed by atoms with Crippen LogP contribution in [-0.2, 0) is 27.5 Å².